The zero-order valence-corrected chi connectivity index (χ0v) is 12.6. The lowest BCUT2D eigenvalue weighted by molar-refractivity contribution is 0.426. The summed E-state index contributed by atoms with van der Waals surface area (Å²) >= 11 is 0. The van der Waals surface area contributed by atoms with Crippen molar-refractivity contribution in [2.45, 2.75) is 38.8 Å². The summed E-state index contributed by atoms with van der Waals surface area (Å²) in [5.41, 5.74) is 3.84. The van der Waals surface area contributed by atoms with Gasteiger partial charge in [-0.05, 0) is 61.4 Å². The summed E-state index contributed by atoms with van der Waals surface area (Å²) in [5.74, 6) is 0.516. The van der Waals surface area contributed by atoms with Crippen molar-refractivity contribution in [3.63, 3.8) is 0 Å². The normalized spacial score (nSPS) is 17.5. The Hall–Kier alpha value is -1.67. The van der Waals surface area contributed by atoms with E-state index in [-0.39, 0.29) is 5.82 Å². The quantitative estimate of drug-likeness (QED) is 0.820. The molecule has 1 fully saturated rings. The highest BCUT2D eigenvalue weighted by Crippen LogP contribution is 2.42. The minimum atomic E-state index is -0.166. The van der Waals surface area contributed by atoms with Gasteiger partial charge in [0.05, 0.1) is 0 Å². The average molecular weight is 283 g/mol. The second kappa shape index (κ2) is 5.98. The molecule has 2 aromatic carbocycles. The second-order valence-electron chi connectivity index (χ2n) is 6.11. The van der Waals surface area contributed by atoms with Crippen LogP contribution >= 0.6 is 0 Å². The summed E-state index contributed by atoms with van der Waals surface area (Å²) < 4.78 is 13.1. The molecule has 1 nitrogen and oxygen atoms in total. The number of benzene rings is 2. The summed E-state index contributed by atoms with van der Waals surface area (Å²) in [6, 6.07) is 16.1. The van der Waals surface area contributed by atoms with E-state index in [2.05, 4.69) is 43.4 Å². The Bertz CT molecular complexity index is 601. The molecule has 2 heteroatoms. The molecule has 0 spiro atoms. The van der Waals surface area contributed by atoms with Crippen LogP contribution in [0.4, 0.5) is 4.39 Å². The molecular formula is C19H22FN. The van der Waals surface area contributed by atoms with Crippen molar-refractivity contribution in [1.29, 1.82) is 0 Å². The van der Waals surface area contributed by atoms with E-state index < -0.39 is 0 Å². The number of aryl methyl sites for hydroxylation is 1. The molecule has 0 aromatic heterocycles. The Balaban J connectivity index is 1.79. The van der Waals surface area contributed by atoms with E-state index in [4.69, 9.17) is 0 Å². The van der Waals surface area contributed by atoms with Crippen molar-refractivity contribution in [3.8, 4) is 0 Å². The fourth-order valence-corrected chi connectivity index (χ4v) is 3.04. The molecule has 110 valence electrons. The van der Waals surface area contributed by atoms with Crippen LogP contribution in [0.25, 0.3) is 0 Å². The zero-order chi connectivity index (χ0) is 14.8. The van der Waals surface area contributed by atoms with Gasteiger partial charge in [-0.25, -0.2) is 4.39 Å². The fraction of sp³-hybridized carbons (Fsp3) is 0.368. The summed E-state index contributed by atoms with van der Waals surface area (Å²) in [6.45, 7) is 4.36. The van der Waals surface area contributed by atoms with Crippen LogP contribution in [0.2, 0.25) is 0 Å². The van der Waals surface area contributed by atoms with Crippen LogP contribution in [0.5, 0.6) is 0 Å². The molecule has 2 atom stereocenters. The van der Waals surface area contributed by atoms with E-state index in [0.717, 1.165) is 0 Å². The predicted octanol–water partition coefficient (Wildman–Crippen LogP) is 4.94. The third kappa shape index (κ3) is 3.33. The largest absolute Gasteiger partial charge is 0.303 e. The van der Waals surface area contributed by atoms with Crippen LogP contribution in [-0.2, 0) is 0 Å². The smallest absolute Gasteiger partial charge is 0.123 e. The Kier molecular flexibility index (Phi) is 4.07. The Morgan fingerprint density at radius 3 is 2.33 bits per heavy atom. The molecule has 1 unspecified atom stereocenters. The molecule has 0 radical (unpaired) electrons. The first-order valence-corrected chi connectivity index (χ1v) is 7.72. The summed E-state index contributed by atoms with van der Waals surface area (Å²) in [5, 5.41) is 3.75. The van der Waals surface area contributed by atoms with Crippen molar-refractivity contribution in [1.82, 2.24) is 5.32 Å². The Morgan fingerprint density at radius 1 is 1.05 bits per heavy atom. The van der Waals surface area contributed by atoms with E-state index >= 15 is 0 Å². The molecule has 1 aliphatic rings. The molecule has 0 amide bonds. The standard InChI is InChI=1S/C19H22FN/c1-13-5-3-4-6-18(13)14(2)21-19(15-7-8-15)16-9-11-17(20)12-10-16/h3-6,9-12,14-15,19,21H,7-8H2,1-2H3/t14-,19?/m1/s1. The molecule has 2 aromatic rings. The Labute approximate surface area is 126 Å². The van der Waals surface area contributed by atoms with Crippen LogP contribution in [0, 0.1) is 18.7 Å². The summed E-state index contributed by atoms with van der Waals surface area (Å²) in [6.07, 6.45) is 2.52. The second-order valence-corrected chi connectivity index (χ2v) is 6.11. The van der Waals surface area contributed by atoms with Gasteiger partial charge in [0, 0.05) is 12.1 Å². The molecular weight excluding hydrogens is 261 g/mol. The molecule has 3 rings (SSSR count). The maximum Gasteiger partial charge on any atom is 0.123 e. The maximum atomic E-state index is 13.1. The monoisotopic (exact) mass is 283 g/mol. The molecule has 1 aliphatic carbocycles. The zero-order valence-electron chi connectivity index (χ0n) is 12.6. The lowest BCUT2D eigenvalue weighted by Crippen LogP contribution is -2.26. The van der Waals surface area contributed by atoms with Gasteiger partial charge in [-0.2, -0.15) is 0 Å². The number of hydrogen-bond acceptors (Lipinski definition) is 1. The van der Waals surface area contributed by atoms with Crippen LogP contribution in [0.3, 0.4) is 0 Å². The van der Waals surface area contributed by atoms with Gasteiger partial charge in [0.25, 0.3) is 0 Å². The van der Waals surface area contributed by atoms with Crippen LogP contribution in [0.15, 0.2) is 48.5 Å². The van der Waals surface area contributed by atoms with Crippen LogP contribution in [0.1, 0.15) is 48.5 Å². The maximum absolute atomic E-state index is 13.1. The minimum Gasteiger partial charge on any atom is -0.303 e. The van der Waals surface area contributed by atoms with Crippen molar-refractivity contribution >= 4 is 0 Å². The molecule has 1 saturated carbocycles. The van der Waals surface area contributed by atoms with Gasteiger partial charge in [0.2, 0.25) is 0 Å². The minimum absolute atomic E-state index is 0.166. The number of halogens is 1. The van der Waals surface area contributed by atoms with Crippen LogP contribution < -0.4 is 5.32 Å². The highest BCUT2D eigenvalue weighted by molar-refractivity contribution is 5.29. The van der Waals surface area contributed by atoms with E-state index in [1.807, 2.05) is 12.1 Å². The number of nitrogens with one attached hydrogen (secondary N) is 1. The SMILES string of the molecule is Cc1ccccc1[C@@H](C)NC(c1ccc(F)cc1)C1CC1. The lowest BCUT2D eigenvalue weighted by Gasteiger charge is -2.25. The van der Waals surface area contributed by atoms with Gasteiger partial charge in [-0.3, -0.25) is 0 Å². The molecule has 21 heavy (non-hydrogen) atoms. The first kappa shape index (κ1) is 14.3. The molecule has 0 heterocycles. The van der Waals surface area contributed by atoms with E-state index in [1.54, 1.807) is 12.1 Å². The van der Waals surface area contributed by atoms with Gasteiger partial charge in [-0.15, -0.1) is 0 Å². The van der Waals surface area contributed by atoms with Gasteiger partial charge in [0.15, 0.2) is 0 Å². The highest BCUT2D eigenvalue weighted by atomic mass is 19.1. The van der Waals surface area contributed by atoms with E-state index in [1.165, 1.54) is 29.5 Å². The van der Waals surface area contributed by atoms with E-state index in [0.29, 0.717) is 18.0 Å². The molecule has 0 bridgehead atoms. The van der Waals surface area contributed by atoms with Gasteiger partial charge in [0.1, 0.15) is 5.82 Å². The summed E-state index contributed by atoms with van der Waals surface area (Å²) in [4.78, 5) is 0. The fourth-order valence-electron chi connectivity index (χ4n) is 3.04. The third-order valence-electron chi connectivity index (χ3n) is 4.41. The predicted molar refractivity (Wildman–Crippen MR) is 84.6 cm³/mol. The molecule has 0 saturated heterocycles. The molecule has 0 aliphatic heterocycles. The van der Waals surface area contributed by atoms with Gasteiger partial charge < -0.3 is 5.32 Å². The van der Waals surface area contributed by atoms with Crippen molar-refractivity contribution < 1.29 is 4.39 Å². The molecule has 1 N–H and O–H groups in total. The lowest BCUT2D eigenvalue weighted by atomic mass is 9.97. The van der Waals surface area contributed by atoms with Gasteiger partial charge >= 0.3 is 0 Å². The van der Waals surface area contributed by atoms with Gasteiger partial charge in [-0.1, -0.05) is 36.4 Å². The summed E-state index contributed by atoms with van der Waals surface area (Å²) in [7, 11) is 0. The highest BCUT2D eigenvalue weighted by Gasteiger charge is 2.33. The van der Waals surface area contributed by atoms with Crippen molar-refractivity contribution in [2.24, 2.45) is 5.92 Å². The van der Waals surface area contributed by atoms with E-state index in [9.17, 15) is 4.39 Å². The van der Waals surface area contributed by atoms with Crippen molar-refractivity contribution in [2.75, 3.05) is 0 Å². The first-order valence-electron chi connectivity index (χ1n) is 7.72. The van der Waals surface area contributed by atoms with Crippen molar-refractivity contribution in [3.05, 3.63) is 71.0 Å². The Morgan fingerprint density at radius 2 is 1.71 bits per heavy atom. The first-order chi connectivity index (χ1) is 10.1. The van der Waals surface area contributed by atoms with Crippen LogP contribution in [-0.4, -0.2) is 0 Å². The topological polar surface area (TPSA) is 12.0 Å². The average Bonchev–Trinajstić information content (AvgIpc) is 3.31. The number of rotatable bonds is 5. The third-order valence-corrected chi connectivity index (χ3v) is 4.41. The number of hydrogen-bond donors (Lipinski definition) is 1.